The summed E-state index contributed by atoms with van der Waals surface area (Å²) in [5.74, 6) is 1.37. The van der Waals surface area contributed by atoms with Crippen LogP contribution in [-0.2, 0) is 0 Å². The highest BCUT2D eigenvalue weighted by molar-refractivity contribution is 5.65. The van der Waals surface area contributed by atoms with E-state index < -0.39 is 0 Å². The molecule has 0 aliphatic carbocycles. The number of rotatable bonds is 7. The Morgan fingerprint density at radius 1 is 1.03 bits per heavy atom. The van der Waals surface area contributed by atoms with E-state index in [4.69, 9.17) is 5.73 Å². The molecule has 0 radical (unpaired) electrons. The highest BCUT2D eigenvalue weighted by atomic mass is 15.2. The van der Waals surface area contributed by atoms with E-state index >= 15 is 0 Å². The molecule has 1 saturated heterocycles. The van der Waals surface area contributed by atoms with E-state index in [1.807, 2.05) is 24.3 Å². The molecule has 1 aliphatic rings. The standard InChI is InChI=1S/C22H28N8/c1-29-11-13-30(14-12-29)19-4-2-3-18(15-19)27-22-25-9-7-20(28-22)17-5-6-21(26-16-17)24-10-8-23/h2-7,9,15-16H,8,10-14,23H2,1H3,(H,24,26)(H,25,27,28). The number of pyridine rings is 1. The Morgan fingerprint density at radius 3 is 2.67 bits per heavy atom. The molecule has 1 fully saturated rings. The minimum atomic E-state index is 0.563. The summed E-state index contributed by atoms with van der Waals surface area (Å²) in [4.78, 5) is 18.2. The highest BCUT2D eigenvalue weighted by Crippen LogP contribution is 2.24. The van der Waals surface area contributed by atoms with Crippen molar-refractivity contribution in [2.24, 2.45) is 5.73 Å². The van der Waals surface area contributed by atoms with Gasteiger partial charge < -0.3 is 26.2 Å². The summed E-state index contributed by atoms with van der Waals surface area (Å²) in [5, 5.41) is 6.50. The molecule has 156 valence electrons. The quantitative estimate of drug-likeness (QED) is 0.553. The number of piperazine rings is 1. The van der Waals surface area contributed by atoms with Crippen molar-refractivity contribution in [2.45, 2.75) is 0 Å². The van der Waals surface area contributed by atoms with Gasteiger partial charge >= 0.3 is 0 Å². The van der Waals surface area contributed by atoms with Crippen molar-refractivity contribution in [3.05, 3.63) is 54.9 Å². The molecular formula is C22H28N8. The second-order valence-electron chi connectivity index (χ2n) is 7.38. The molecule has 4 rings (SSSR count). The molecule has 0 amide bonds. The molecule has 30 heavy (non-hydrogen) atoms. The van der Waals surface area contributed by atoms with Crippen LogP contribution in [-0.4, -0.2) is 66.2 Å². The summed E-state index contributed by atoms with van der Waals surface area (Å²) in [5.41, 5.74) is 9.46. The van der Waals surface area contributed by atoms with Crippen LogP contribution in [0.15, 0.2) is 54.9 Å². The monoisotopic (exact) mass is 404 g/mol. The molecular weight excluding hydrogens is 376 g/mol. The van der Waals surface area contributed by atoms with Gasteiger partial charge in [0.25, 0.3) is 0 Å². The lowest BCUT2D eigenvalue weighted by atomic mass is 10.2. The normalized spacial score (nSPS) is 14.5. The van der Waals surface area contributed by atoms with Crippen LogP contribution in [0.1, 0.15) is 0 Å². The van der Waals surface area contributed by atoms with Gasteiger partial charge in [-0.2, -0.15) is 0 Å². The second kappa shape index (κ2) is 9.51. The van der Waals surface area contributed by atoms with Crippen LogP contribution < -0.4 is 21.3 Å². The Morgan fingerprint density at radius 2 is 1.90 bits per heavy atom. The summed E-state index contributed by atoms with van der Waals surface area (Å²) < 4.78 is 0. The molecule has 1 aliphatic heterocycles. The fraction of sp³-hybridized carbons (Fsp3) is 0.318. The van der Waals surface area contributed by atoms with Crippen LogP contribution in [0.2, 0.25) is 0 Å². The summed E-state index contributed by atoms with van der Waals surface area (Å²) >= 11 is 0. The van der Waals surface area contributed by atoms with Crippen molar-refractivity contribution in [3.8, 4) is 11.3 Å². The topological polar surface area (TPSA) is 95.2 Å². The summed E-state index contributed by atoms with van der Waals surface area (Å²) in [6.45, 7) is 5.50. The molecule has 2 aromatic heterocycles. The first-order chi connectivity index (χ1) is 14.7. The number of hydrogen-bond acceptors (Lipinski definition) is 8. The summed E-state index contributed by atoms with van der Waals surface area (Å²) in [6, 6.07) is 14.2. The molecule has 0 atom stereocenters. The molecule has 8 heteroatoms. The zero-order valence-electron chi connectivity index (χ0n) is 17.3. The lowest BCUT2D eigenvalue weighted by Crippen LogP contribution is -2.44. The number of nitrogens with two attached hydrogens (primary N) is 1. The van der Waals surface area contributed by atoms with Crippen LogP contribution >= 0.6 is 0 Å². The van der Waals surface area contributed by atoms with Gasteiger partial charge in [-0.05, 0) is 43.4 Å². The lowest BCUT2D eigenvalue weighted by Gasteiger charge is -2.34. The van der Waals surface area contributed by atoms with E-state index in [-0.39, 0.29) is 0 Å². The number of aromatic nitrogens is 3. The molecule has 0 saturated carbocycles. The van der Waals surface area contributed by atoms with Gasteiger partial charge in [0.1, 0.15) is 5.82 Å². The van der Waals surface area contributed by atoms with Crippen molar-refractivity contribution >= 4 is 23.1 Å². The van der Waals surface area contributed by atoms with Gasteiger partial charge in [-0.3, -0.25) is 0 Å². The lowest BCUT2D eigenvalue weighted by molar-refractivity contribution is 0.313. The van der Waals surface area contributed by atoms with E-state index in [2.05, 4.69) is 60.6 Å². The Hall–Kier alpha value is -3.23. The third kappa shape index (κ3) is 5.03. The number of nitrogens with zero attached hydrogens (tertiary/aromatic N) is 5. The zero-order chi connectivity index (χ0) is 20.8. The van der Waals surface area contributed by atoms with Gasteiger partial charge in [0.2, 0.25) is 5.95 Å². The van der Waals surface area contributed by atoms with Gasteiger partial charge in [-0.25, -0.2) is 15.0 Å². The van der Waals surface area contributed by atoms with Crippen molar-refractivity contribution < 1.29 is 0 Å². The molecule has 0 unspecified atom stereocenters. The maximum Gasteiger partial charge on any atom is 0.227 e. The van der Waals surface area contributed by atoms with Gasteiger partial charge in [-0.15, -0.1) is 0 Å². The van der Waals surface area contributed by atoms with Crippen molar-refractivity contribution in [1.82, 2.24) is 19.9 Å². The van der Waals surface area contributed by atoms with E-state index in [1.165, 1.54) is 5.69 Å². The first-order valence-corrected chi connectivity index (χ1v) is 10.3. The predicted molar refractivity (Wildman–Crippen MR) is 122 cm³/mol. The second-order valence-corrected chi connectivity index (χ2v) is 7.38. The number of nitrogens with one attached hydrogen (secondary N) is 2. The van der Waals surface area contributed by atoms with Crippen molar-refractivity contribution in [1.29, 1.82) is 0 Å². The van der Waals surface area contributed by atoms with E-state index in [9.17, 15) is 0 Å². The Balaban J connectivity index is 1.46. The summed E-state index contributed by atoms with van der Waals surface area (Å²) in [7, 11) is 2.17. The predicted octanol–water partition coefficient (Wildman–Crippen LogP) is 2.40. The number of benzene rings is 1. The fourth-order valence-electron chi connectivity index (χ4n) is 3.40. The zero-order valence-corrected chi connectivity index (χ0v) is 17.3. The summed E-state index contributed by atoms with van der Waals surface area (Å²) in [6.07, 6.45) is 3.56. The van der Waals surface area contributed by atoms with Crippen LogP contribution in [0.3, 0.4) is 0 Å². The average Bonchev–Trinajstić information content (AvgIpc) is 2.79. The molecule has 1 aromatic carbocycles. The van der Waals surface area contributed by atoms with E-state index in [0.717, 1.165) is 48.9 Å². The Labute approximate surface area is 177 Å². The van der Waals surface area contributed by atoms with Gasteiger partial charge in [0.15, 0.2) is 0 Å². The first-order valence-electron chi connectivity index (χ1n) is 10.3. The van der Waals surface area contributed by atoms with Gasteiger partial charge in [-0.1, -0.05) is 6.07 Å². The van der Waals surface area contributed by atoms with Crippen LogP contribution in [0.5, 0.6) is 0 Å². The third-order valence-electron chi connectivity index (χ3n) is 5.14. The largest absolute Gasteiger partial charge is 0.369 e. The number of likely N-dealkylation sites (N-methyl/N-ethyl adjacent to an activating group) is 1. The molecule has 3 aromatic rings. The van der Waals surface area contributed by atoms with Crippen molar-refractivity contribution in [2.75, 3.05) is 61.8 Å². The molecule has 8 nitrogen and oxygen atoms in total. The maximum atomic E-state index is 5.52. The van der Waals surface area contributed by atoms with E-state index in [1.54, 1.807) is 12.4 Å². The average molecular weight is 405 g/mol. The maximum absolute atomic E-state index is 5.52. The van der Waals surface area contributed by atoms with Crippen LogP contribution in [0.4, 0.5) is 23.1 Å². The first kappa shape index (κ1) is 20.1. The number of anilines is 4. The molecule has 3 heterocycles. The smallest absolute Gasteiger partial charge is 0.227 e. The minimum absolute atomic E-state index is 0.563. The number of hydrogen-bond donors (Lipinski definition) is 3. The van der Waals surface area contributed by atoms with E-state index in [0.29, 0.717) is 19.0 Å². The fourth-order valence-corrected chi connectivity index (χ4v) is 3.40. The molecule has 4 N–H and O–H groups in total. The van der Waals surface area contributed by atoms with Crippen LogP contribution in [0, 0.1) is 0 Å². The highest BCUT2D eigenvalue weighted by Gasteiger charge is 2.14. The van der Waals surface area contributed by atoms with Gasteiger partial charge in [0.05, 0.1) is 5.69 Å². The Bertz CT molecular complexity index is 951. The van der Waals surface area contributed by atoms with Gasteiger partial charge in [0, 0.05) is 68.6 Å². The van der Waals surface area contributed by atoms with Crippen molar-refractivity contribution in [3.63, 3.8) is 0 Å². The molecule has 0 bridgehead atoms. The third-order valence-corrected chi connectivity index (χ3v) is 5.14. The SMILES string of the molecule is CN1CCN(c2cccc(Nc3nccc(-c4ccc(NCCN)nc4)n3)c2)CC1. The van der Waals surface area contributed by atoms with Crippen LogP contribution in [0.25, 0.3) is 11.3 Å². The molecule has 0 spiro atoms. The Kier molecular flexibility index (Phi) is 6.36. The minimum Gasteiger partial charge on any atom is -0.369 e.